The van der Waals surface area contributed by atoms with E-state index < -0.39 is 22.0 Å². The predicted molar refractivity (Wildman–Crippen MR) is 84.3 cm³/mol. The van der Waals surface area contributed by atoms with Crippen molar-refractivity contribution in [1.29, 1.82) is 5.26 Å². The second-order valence-electron chi connectivity index (χ2n) is 4.04. The number of amides is 1. The second-order valence-corrected chi connectivity index (χ2v) is 8.69. The van der Waals surface area contributed by atoms with E-state index >= 15 is 0 Å². The quantitative estimate of drug-likeness (QED) is 0.252. The summed E-state index contributed by atoms with van der Waals surface area (Å²) in [6.07, 6.45) is -0.703. The van der Waals surface area contributed by atoms with Crippen LogP contribution in [0.4, 0.5) is 4.79 Å². The third-order valence-corrected chi connectivity index (χ3v) is 6.59. The number of hydrogen-bond donors (Lipinski definition) is 0. The lowest BCUT2D eigenvalue weighted by Gasteiger charge is -2.23. The lowest BCUT2D eigenvalue weighted by atomic mass is 10.2. The second kappa shape index (κ2) is 8.24. The maximum Gasteiger partial charge on any atom is 0.445 e. The summed E-state index contributed by atoms with van der Waals surface area (Å²) in [7, 11) is 1.47. The number of alkyl halides is 1. The van der Waals surface area contributed by atoms with Gasteiger partial charge < -0.3 is 4.55 Å². The van der Waals surface area contributed by atoms with Gasteiger partial charge in [-0.15, -0.1) is 11.6 Å². The van der Waals surface area contributed by atoms with E-state index in [1.54, 1.807) is 6.92 Å². The fraction of sp³-hybridized carbons (Fsp3) is 0.700. The van der Waals surface area contributed by atoms with Gasteiger partial charge in [0, 0.05) is 12.8 Å². The number of carbonyl (C=O) groups is 1. The molecule has 0 N–H and O–H groups in total. The predicted octanol–water partition coefficient (Wildman–Crippen LogP) is 2.03. The Kier molecular flexibility index (Phi) is 7.33. The zero-order valence-corrected chi connectivity index (χ0v) is 14.2. The average molecular weight is 356 g/mol. The minimum atomic E-state index is -0.937. The van der Waals surface area contributed by atoms with Crippen molar-refractivity contribution < 1.29 is 14.2 Å². The Labute approximate surface area is 134 Å². The number of hydrogen-bond acceptors (Lipinski definition) is 7. The van der Waals surface area contributed by atoms with E-state index in [2.05, 4.69) is 5.16 Å². The first-order chi connectivity index (χ1) is 9.40. The van der Waals surface area contributed by atoms with Crippen molar-refractivity contribution in [3.63, 3.8) is 0 Å². The van der Waals surface area contributed by atoms with Gasteiger partial charge in [0.15, 0.2) is 10.8 Å². The van der Waals surface area contributed by atoms with Crippen LogP contribution in [0.15, 0.2) is 5.16 Å². The van der Waals surface area contributed by atoms with E-state index in [4.69, 9.17) is 21.7 Å². The minimum Gasteiger partial charge on any atom is -0.616 e. The first-order valence-corrected chi connectivity index (χ1v) is 9.34. The van der Waals surface area contributed by atoms with Gasteiger partial charge in [-0.05, 0) is 30.0 Å². The van der Waals surface area contributed by atoms with Crippen molar-refractivity contribution >= 4 is 57.6 Å². The molecule has 0 aliphatic carbocycles. The number of rotatable bonds is 4. The van der Waals surface area contributed by atoms with Gasteiger partial charge in [-0.2, -0.15) is 5.26 Å². The van der Waals surface area contributed by atoms with E-state index in [9.17, 15) is 9.35 Å². The van der Waals surface area contributed by atoms with Gasteiger partial charge in [-0.3, -0.25) is 9.14 Å². The van der Waals surface area contributed by atoms with Gasteiger partial charge in [0.1, 0.15) is 10.5 Å². The van der Waals surface area contributed by atoms with Gasteiger partial charge in [0.25, 0.3) is 0 Å². The van der Waals surface area contributed by atoms with E-state index in [-0.39, 0.29) is 5.88 Å². The highest BCUT2D eigenvalue weighted by molar-refractivity contribution is 8.17. The minimum absolute atomic E-state index is 0.0785. The number of halogens is 1. The maximum absolute atomic E-state index is 11.7. The number of carbonyl (C=O) groups excluding carboxylic acids is 1. The molecule has 1 aliphatic heterocycles. The van der Waals surface area contributed by atoms with Gasteiger partial charge in [-0.25, -0.2) is 4.79 Å². The molecule has 1 saturated heterocycles. The Morgan fingerprint density at radius 2 is 2.55 bits per heavy atom. The summed E-state index contributed by atoms with van der Waals surface area (Å²) >= 11 is 7.14. The first kappa shape index (κ1) is 17.8. The molecule has 0 saturated carbocycles. The molecule has 1 fully saturated rings. The van der Waals surface area contributed by atoms with Crippen molar-refractivity contribution in [2.75, 3.05) is 30.2 Å². The van der Waals surface area contributed by atoms with Crippen LogP contribution in [0.2, 0.25) is 0 Å². The highest BCUT2D eigenvalue weighted by atomic mass is 35.5. The Balaban J connectivity index is 2.50. The van der Waals surface area contributed by atoms with Crippen LogP contribution in [-0.4, -0.2) is 54.9 Å². The molecule has 2 unspecified atom stereocenters. The Morgan fingerprint density at radius 3 is 3.10 bits per heavy atom. The zero-order chi connectivity index (χ0) is 15.2. The van der Waals surface area contributed by atoms with Gasteiger partial charge in [0.05, 0.1) is 11.9 Å². The third-order valence-electron chi connectivity index (χ3n) is 2.18. The SMILES string of the molecule is CN(SC(C)(C#N)CCl)C(=O)ON=C1C[S+]([O-])CCS1. The summed E-state index contributed by atoms with van der Waals surface area (Å²) in [4.78, 5) is 16.5. The molecule has 1 rings (SSSR count). The van der Waals surface area contributed by atoms with Crippen LogP contribution in [0, 0.1) is 11.3 Å². The number of nitrogens with zero attached hydrogens (tertiary/aromatic N) is 3. The first-order valence-electron chi connectivity index (χ1n) is 5.56. The average Bonchev–Trinajstić information content (AvgIpc) is 2.44. The fourth-order valence-electron chi connectivity index (χ4n) is 1.12. The largest absolute Gasteiger partial charge is 0.616 e. The summed E-state index contributed by atoms with van der Waals surface area (Å²) in [6, 6.07) is 2.03. The summed E-state index contributed by atoms with van der Waals surface area (Å²) in [5, 5.41) is 13.2. The highest BCUT2D eigenvalue weighted by Crippen LogP contribution is 2.28. The van der Waals surface area contributed by atoms with Crippen LogP contribution in [0.3, 0.4) is 0 Å². The molecule has 10 heteroatoms. The molecule has 1 amide bonds. The van der Waals surface area contributed by atoms with Crippen LogP contribution in [-0.2, 0) is 16.0 Å². The standard InChI is InChI=1S/C10H14ClN3O3S3/c1-10(6-11,7-12)19-14(2)9(15)17-13-8-5-20(16)4-3-18-8/h3-6H2,1-2H3. The van der Waals surface area contributed by atoms with Crippen molar-refractivity contribution in [3.8, 4) is 6.07 Å². The molecule has 0 bridgehead atoms. The normalized spacial score (nSPS) is 23.8. The van der Waals surface area contributed by atoms with Crippen molar-refractivity contribution in [2.45, 2.75) is 11.7 Å². The third kappa shape index (κ3) is 5.61. The molecule has 0 aromatic heterocycles. The Morgan fingerprint density at radius 1 is 1.85 bits per heavy atom. The van der Waals surface area contributed by atoms with Crippen LogP contribution >= 0.6 is 35.3 Å². The molecule has 112 valence electrons. The monoisotopic (exact) mass is 355 g/mol. The topological polar surface area (TPSA) is 88.8 Å². The number of oxime groups is 1. The van der Waals surface area contributed by atoms with Crippen LogP contribution < -0.4 is 0 Å². The fourth-order valence-corrected chi connectivity index (χ4v) is 4.73. The number of nitriles is 1. The van der Waals surface area contributed by atoms with Crippen LogP contribution in [0.25, 0.3) is 0 Å². The van der Waals surface area contributed by atoms with Crippen LogP contribution in [0.1, 0.15) is 6.92 Å². The summed E-state index contributed by atoms with van der Waals surface area (Å²) in [5.74, 6) is 1.72. The molecule has 0 spiro atoms. The molecule has 2 atom stereocenters. The lowest BCUT2D eigenvalue weighted by Crippen LogP contribution is -2.30. The van der Waals surface area contributed by atoms with Crippen LogP contribution in [0.5, 0.6) is 0 Å². The van der Waals surface area contributed by atoms with Crippen molar-refractivity contribution in [3.05, 3.63) is 0 Å². The summed E-state index contributed by atoms with van der Waals surface area (Å²) in [6.45, 7) is 1.63. The Bertz CT molecular complexity index is 432. The van der Waals surface area contributed by atoms with Crippen molar-refractivity contribution in [1.82, 2.24) is 4.31 Å². The molecule has 20 heavy (non-hydrogen) atoms. The molecule has 0 radical (unpaired) electrons. The van der Waals surface area contributed by atoms with Gasteiger partial charge in [-0.1, -0.05) is 16.9 Å². The smallest absolute Gasteiger partial charge is 0.445 e. The molecular weight excluding hydrogens is 342 g/mol. The number of thioether (sulfide) groups is 1. The molecule has 0 aromatic rings. The molecule has 1 aliphatic rings. The molecule has 0 aromatic carbocycles. The van der Waals surface area contributed by atoms with Gasteiger partial charge in [0.2, 0.25) is 0 Å². The molecular formula is C10H14ClN3O3S3. The molecule has 1 heterocycles. The van der Waals surface area contributed by atoms with E-state index in [0.29, 0.717) is 22.3 Å². The lowest BCUT2D eigenvalue weighted by molar-refractivity contribution is 0.137. The van der Waals surface area contributed by atoms with E-state index in [0.717, 1.165) is 11.9 Å². The Hall–Kier alpha value is -0.270. The maximum atomic E-state index is 11.7. The van der Waals surface area contributed by atoms with E-state index in [1.165, 1.54) is 23.1 Å². The highest BCUT2D eigenvalue weighted by Gasteiger charge is 2.29. The van der Waals surface area contributed by atoms with E-state index in [1.807, 2.05) is 6.07 Å². The zero-order valence-electron chi connectivity index (χ0n) is 11.0. The van der Waals surface area contributed by atoms with Crippen molar-refractivity contribution in [2.24, 2.45) is 5.16 Å². The summed E-state index contributed by atoms with van der Waals surface area (Å²) < 4.78 is 11.6. The molecule has 6 nitrogen and oxygen atoms in total. The summed E-state index contributed by atoms with van der Waals surface area (Å²) in [5.41, 5.74) is 0. The van der Waals surface area contributed by atoms with Gasteiger partial charge >= 0.3 is 6.09 Å².